The van der Waals surface area contributed by atoms with Crippen LogP contribution < -0.4 is 0 Å². The summed E-state index contributed by atoms with van der Waals surface area (Å²) in [5, 5.41) is 10.7. The van der Waals surface area contributed by atoms with Gasteiger partial charge in [-0.2, -0.15) is 0 Å². The van der Waals surface area contributed by atoms with E-state index in [0.717, 1.165) is 102 Å². The fourth-order valence-electron chi connectivity index (χ4n) is 14.8. The van der Waals surface area contributed by atoms with Crippen LogP contribution in [0.4, 0.5) is 0 Å². The average Bonchev–Trinajstić information content (AvgIpc) is 0.899. The number of phosphoric acid groups is 2. The van der Waals surface area contributed by atoms with E-state index in [1.165, 1.54) is 327 Å². The number of carbonyl (C=O) groups excluding carboxylic acids is 4. The zero-order valence-electron chi connectivity index (χ0n) is 74.7. The van der Waals surface area contributed by atoms with Crippen molar-refractivity contribution in [2.45, 2.75) is 529 Å². The van der Waals surface area contributed by atoms with Crippen molar-refractivity contribution >= 4 is 39.5 Å². The van der Waals surface area contributed by atoms with Crippen molar-refractivity contribution in [1.82, 2.24) is 0 Å². The van der Waals surface area contributed by atoms with Gasteiger partial charge in [-0.05, 0) is 37.5 Å². The normalized spacial score (nSPS) is 13.9. The Balaban J connectivity index is 5.24. The van der Waals surface area contributed by atoms with Crippen molar-refractivity contribution in [3.8, 4) is 0 Å². The third kappa shape index (κ3) is 86.3. The van der Waals surface area contributed by atoms with Gasteiger partial charge in [-0.15, -0.1) is 0 Å². The quantitative estimate of drug-likeness (QED) is 0.0222. The summed E-state index contributed by atoms with van der Waals surface area (Å²) in [6.45, 7) is 9.82. The third-order valence-corrected chi connectivity index (χ3v) is 24.5. The summed E-state index contributed by atoms with van der Waals surface area (Å²) < 4.78 is 69.2. The summed E-state index contributed by atoms with van der Waals surface area (Å²) in [5.41, 5.74) is 0. The lowest BCUT2D eigenvalue weighted by atomic mass is 9.99. The number of carbonyl (C=O) groups is 4. The van der Waals surface area contributed by atoms with Gasteiger partial charge in [0.15, 0.2) is 12.2 Å². The highest BCUT2D eigenvalue weighted by Crippen LogP contribution is 2.45. The molecular formula is C94H184O17P2. The molecule has 0 heterocycles. The number of hydrogen-bond donors (Lipinski definition) is 3. The van der Waals surface area contributed by atoms with E-state index < -0.39 is 97.5 Å². The summed E-state index contributed by atoms with van der Waals surface area (Å²) in [7, 11) is -9.94. The average molecular weight is 1650 g/mol. The van der Waals surface area contributed by atoms with Gasteiger partial charge in [-0.25, -0.2) is 9.13 Å². The molecule has 0 saturated heterocycles. The number of ether oxygens (including phenoxy) is 4. The number of esters is 4. The zero-order chi connectivity index (χ0) is 82.7. The minimum Gasteiger partial charge on any atom is -0.462 e. The molecule has 0 fully saturated rings. The molecule has 0 aromatic carbocycles. The van der Waals surface area contributed by atoms with E-state index >= 15 is 0 Å². The van der Waals surface area contributed by atoms with E-state index in [0.29, 0.717) is 25.7 Å². The van der Waals surface area contributed by atoms with Crippen LogP contribution in [0, 0.1) is 11.8 Å². The predicted octanol–water partition coefficient (Wildman–Crippen LogP) is 29.4. The Hall–Kier alpha value is -1.94. The molecule has 0 rings (SSSR count). The Kier molecular flexibility index (Phi) is 83.6. The van der Waals surface area contributed by atoms with Crippen molar-refractivity contribution < 1.29 is 80.2 Å². The van der Waals surface area contributed by atoms with Crippen LogP contribution in [0.25, 0.3) is 0 Å². The topological polar surface area (TPSA) is 237 Å². The van der Waals surface area contributed by atoms with Crippen molar-refractivity contribution in [3.05, 3.63) is 0 Å². The number of rotatable bonds is 93. The lowest BCUT2D eigenvalue weighted by Gasteiger charge is -2.21. The van der Waals surface area contributed by atoms with Crippen LogP contribution in [-0.4, -0.2) is 96.7 Å². The first-order valence-electron chi connectivity index (χ1n) is 48.5. The highest BCUT2D eigenvalue weighted by atomic mass is 31.2. The molecule has 6 atom stereocenters. The second kappa shape index (κ2) is 85.1. The maximum Gasteiger partial charge on any atom is 0.472 e. The number of unbranched alkanes of at least 4 members (excludes halogenated alkanes) is 62. The molecule has 0 spiro atoms. The van der Waals surface area contributed by atoms with E-state index in [1.807, 2.05) is 0 Å². The molecule has 0 bridgehead atoms. The smallest absolute Gasteiger partial charge is 0.462 e. The molecule has 0 aliphatic heterocycles. The summed E-state index contributed by atoms with van der Waals surface area (Å²) in [5.74, 6) is -0.410. The number of phosphoric ester groups is 2. The fourth-order valence-corrected chi connectivity index (χ4v) is 16.4. The molecule has 0 aliphatic rings. The van der Waals surface area contributed by atoms with Crippen molar-refractivity contribution in [2.24, 2.45) is 11.8 Å². The van der Waals surface area contributed by atoms with Crippen LogP contribution in [0.15, 0.2) is 0 Å². The van der Waals surface area contributed by atoms with Crippen LogP contribution in [0.2, 0.25) is 0 Å². The lowest BCUT2D eigenvalue weighted by molar-refractivity contribution is -0.161. The van der Waals surface area contributed by atoms with E-state index in [-0.39, 0.29) is 25.7 Å². The molecule has 0 aliphatic carbocycles. The Morgan fingerprint density at radius 1 is 0.257 bits per heavy atom. The van der Waals surface area contributed by atoms with Gasteiger partial charge in [0.1, 0.15) is 19.3 Å². The largest absolute Gasteiger partial charge is 0.472 e. The van der Waals surface area contributed by atoms with Crippen LogP contribution >= 0.6 is 15.6 Å². The van der Waals surface area contributed by atoms with Crippen LogP contribution in [0.1, 0.15) is 510 Å². The lowest BCUT2D eigenvalue weighted by Crippen LogP contribution is -2.30. The zero-order valence-corrected chi connectivity index (χ0v) is 76.5. The SMILES string of the molecule is CCCCCCCCCCCCCCCCCCCCCCC(=O)OC[C@H](COP(=O)(O)OC[C@@H](O)COP(=O)(O)OC[C@@H](COC(=O)CCCCCCCCCCCCCC)OC(=O)CCCCCCCCCCCCCCCCCCC(C)C)OC(=O)CCCCCCCCCCCCCCCCCCCCC(C)CC. The van der Waals surface area contributed by atoms with E-state index in [2.05, 4.69) is 41.5 Å². The highest BCUT2D eigenvalue weighted by Gasteiger charge is 2.31. The van der Waals surface area contributed by atoms with Gasteiger partial charge in [0.2, 0.25) is 0 Å². The predicted molar refractivity (Wildman–Crippen MR) is 469 cm³/mol. The van der Waals surface area contributed by atoms with Gasteiger partial charge >= 0.3 is 39.5 Å². The first-order chi connectivity index (χ1) is 54.9. The molecule has 17 nitrogen and oxygen atoms in total. The molecule has 672 valence electrons. The van der Waals surface area contributed by atoms with Gasteiger partial charge in [0.05, 0.1) is 26.4 Å². The van der Waals surface area contributed by atoms with Crippen LogP contribution in [0.5, 0.6) is 0 Å². The van der Waals surface area contributed by atoms with Gasteiger partial charge in [-0.1, -0.05) is 459 Å². The molecule has 0 amide bonds. The maximum absolute atomic E-state index is 13.2. The third-order valence-electron chi connectivity index (χ3n) is 22.6. The van der Waals surface area contributed by atoms with E-state index in [1.54, 1.807) is 0 Å². The minimum atomic E-state index is -4.97. The number of aliphatic hydroxyl groups is 1. The molecule has 0 aromatic heterocycles. The molecule has 19 heteroatoms. The Morgan fingerprint density at radius 2 is 0.451 bits per heavy atom. The second-order valence-corrected chi connectivity index (χ2v) is 37.4. The molecule has 0 aromatic rings. The maximum atomic E-state index is 13.2. The van der Waals surface area contributed by atoms with Crippen LogP contribution in [-0.2, 0) is 65.4 Å². The standard InChI is InChI=1S/C94H184O17P2/c1-7-10-12-14-16-18-20-22-23-24-25-26-30-36-41-47-53-59-65-71-77-92(97)105-83-90(111-93(98)78-72-66-60-54-48-42-37-31-28-27-29-35-40-45-51-57-63-69-75-87(6)9-3)85-109-113(102,103)107-81-88(95)80-106-112(100,101)108-84-89(82-104-91(96)76-70-64-58-52-46-21-19-17-15-13-11-8-2)110-94(99)79-73-67-61-55-49-43-38-33-32-34-39-44-50-56-62-68-74-86(4)5/h86-90,95H,7-85H2,1-6H3,(H,100,101)(H,102,103)/t87?,88-,89+,90+/m0/s1. The Labute approximate surface area is 696 Å². The molecule has 113 heavy (non-hydrogen) atoms. The van der Waals surface area contributed by atoms with Crippen LogP contribution in [0.3, 0.4) is 0 Å². The molecule has 0 saturated carbocycles. The molecular weight excluding hydrogens is 1460 g/mol. The fraction of sp³-hybridized carbons (Fsp3) is 0.957. The van der Waals surface area contributed by atoms with Crippen molar-refractivity contribution in [2.75, 3.05) is 39.6 Å². The van der Waals surface area contributed by atoms with Gasteiger partial charge in [0.25, 0.3) is 0 Å². The monoisotopic (exact) mass is 1650 g/mol. The van der Waals surface area contributed by atoms with Gasteiger partial charge in [0, 0.05) is 25.7 Å². The van der Waals surface area contributed by atoms with Gasteiger partial charge < -0.3 is 33.8 Å². The number of hydrogen-bond acceptors (Lipinski definition) is 15. The van der Waals surface area contributed by atoms with Crippen molar-refractivity contribution in [3.63, 3.8) is 0 Å². The van der Waals surface area contributed by atoms with Crippen molar-refractivity contribution in [1.29, 1.82) is 0 Å². The molecule has 3 unspecified atom stereocenters. The highest BCUT2D eigenvalue weighted by molar-refractivity contribution is 7.47. The molecule has 3 N–H and O–H groups in total. The second-order valence-electron chi connectivity index (χ2n) is 34.5. The Morgan fingerprint density at radius 3 is 0.673 bits per heavy atom. The first-order valence-corrected chi connectivity index (χ1v) is 51.5. The van der Waals surface area contributed by atoms with E-state index in [4.69, 9.17) is 37.0 Å². The summed E-state index contributed by atoms with van der Waals surface area (Å²) in [4.78, 5) is 73.5. The Bertz CT molecular complexity index is 2150. The van der Waals surface area contributed by atoms with Gasteiger partial charge in [-0.3, -0.25) is 37.3 Å². The number of aliphatic hydroxyl groups excluding tert-OH is 1. The first kappa shape index (κ1) is 111. The minimum absolute atomic E-state index is 0.109. The summed E-state index contributed by atoms with van der Waals surface area (Å²) >= 11 is 0. The van der Waals surface area contributed by atoms with E-state index in [9.17, 15) is 43.2 Å². The summed E-state index contributed by atoms with van der Waals surface area (Å²) in [6, 6.07) is 0. The molecule has 0 radical (unpaired) electrons. The summed E-state index contributed by atoms with van der Waals surface area (Å²) in [6.07, 6.45) is 80.6.